The number of nitrogens with zero attached hydrogens (tertiary/aromatic N) is 6. The monoisotopic (exact) mass is 582 g/mol. The molecule has 1 aliphatic rings. The number of aromatic nitrogens is 7. The minimum atomic E-state index is -1.15. The fourth-order valence-electron chi connectivity index (χ4n) is 4.68. The first-order chi connectivity index (χ1) is 18.8. The maximum absolute atomic E-state index is 13.4. The number of amides is 1. The number of rotatable bonds is 5. The fourth-order valence-corrected chi connectivity index (χ4v) is 5.22. The Bertz CT molecular complexity index is 1800. The summed E-state index contributed by atoms with van der Waals surface area (Å²) in [5, 5.41) is 20.0. The van der Waals surface area contributed by atoms with E-state index in [0.29, 0.717) is 57.8 Å². The molecule has 0 fully saturated rings. The number of nitrogens with one attached hydrogen (secondary N) is 2. The number of carbonyl (C=O) groups is 1. The molecule has 1 aliphatic heterocycles. The lowest BCUT2D eigenvalue weighted by atomic mass is 10.1. The van der Waals surface area contributed by atoms with Gasteiger partial charge in [0.05, 0.1) is 29.3 Å². The lowest BCUT2D eigenvalue weighted by Gasteiger charge is -2.14. The zero-order valence-corrected chi connectivity index (χ0v) is 22.0. The van der Waals surface area contributed by atoms with Gasteiger partial charge in [-0.3, -0.25) is 14.7 Å². The Morgan fingerprint density at radius 1 is 1.08 bits per heavy atom. The van der Waals surface area contributed by atoms with Crippen molar-refractivity contribution in [2.75, 3.05) is 5.32 Å². The van der Waals surface area contributed by atoms with Gasteiger partial charge >= 0.3 is 6.09 Å². The van der Waals surface area contributed by atoms with Gasteiger partial charge in [0.25, 0.3) is 5.56 Å². The maximum atomic E-state index is 13.4. The van der Waals surface area contributed by atoms with E-state index in [-0.39, 0.29) is 21.9 Å². The predicted molar refractivity (Wildman–Crippen MR) is 146 cm³/mol. The molecule has 0 spiro atoms. The van der Waals surface area contributed by atoms with Gasteiger partial charge in [0.15, 0.2) is 10.3 Å². The van der Waals surface area contributed by atoms with Crippen molar-refractivity contribution in [1.29, 1.82) is 0 Å². The minimum Gasteiger partial charge on any atom is -0.465 e. The van der Waals surface area contributed by atoms with Crippen molar-refractivity contribution in [3.8, 4) is 28.2 Å². The van der Waals surface area contributed by atoms with Crippen molar-refractivity contribution in [3.63, 3.8) is 0 Å². The van der Waals surface area contributed by atoms with Crippen LogP contribution in [-0.4, -0.2) is 45.7 Å². The van der Waals surface area contributed by atoms with Crippen LogP contribution in [0.5, 0.6) is 0 Å². The van der Waals surface area contributed by atoms with Gasteiger partial charge in [0.2, 0.25) is 0 Å². The molecule has 1 amide bonds. The lowest BCUT2D eigenvalue weighted by Crippen LogP contribution is -2.25. The summed E-state index contributed by atoms with van der Waals surface area (Å²) in [4.78, 5) is 36.8. The number of carboxylic acid groups (broad SMARTS) is 1. The Hall–Kier alpha value is -4.19. The molecule has 3 aromatic heterocycles. The third kappa shape index (κ3) is 4.76. The van der Waals surface area contributed by atoms with E-state index in [1.165, 1.54) is 10.7 Å². The summed E-state index contributed by atoms with van der Waals surface area (Å²) in [5.74, 6) is 1.13. The van der Waals surface area contributed by atoms with Gasteiger partial charge in [0, 0.05) is 34.3 Å². The van der Waals surface area contributed by atoms with Crippen LogP contribution in [0.4, 0.5) is 10.5 Å². The molecule has 1 atom stereocenters. The van der Waals surface area contributed by atoms with E-state index in [2.05, 4.69) is 25.6 Å². The summed E-state index contributed by atoms with van der Waals surface area (Å²) in [6.07, 6.45) is 1.54. The summed E-state index contributed by atoms with van der Waals surface area (Å²) in [6.45, 7) is 0. The van der Waals surface area contributed by atoms with E-state index < -0.39 is 6.09 Å². The summed E-state index contributed by atoms with van der Waals surface area (Å²) in [7, 11) is 0. The molecule has 2 aromatic carbocycles. The average molecular weight is 584 g/mol. The van der Waals surface area contributed by atoms with Crippen molar-refractivity contribution in [2.45, 2.75) is 18.9 Å². The highest BCUT2D eigenvalue weighted by molar-refractivity contribution is 6.32. The Labute approximate surface area is 235 Å². The predicted octanol–water partition coefficient (Wildman–Crippen LogP) is 5.47. The van der Waals surface area contributed by atoms with Crippen LogP contribution in [0.2, 0.25) is 15.3 Å². The second-order valence-corrected chi connectivity index (χ2v) is 9.94. The third-order valence-corrected chi connectivity index (χ3v) is 7.03. The zero-order valence-electron chi connectivity index (χ0n) is 19.8. The third-order valence-electron chi connectivity index (χ3n) is 6.34. The van der Waals surface area contributed by atoms with Gasteiger partial charge in [-0.1, -0.05) is 52.1 Å². The molecule has 4 heterocycles. The van der Waals surface area contributed by atoms with E-state index in [4.69, 9.17) is 44.9 Å². The number of hydrogen-bond donors (Lipinski definition) is 3. The largest absolute Gasteiger partial charge is 0.465 e. The Morgan fingerprint density at radius 2 is 1.87 bits per heavy atom. The number of halogens is 3. The Kier molecular flexibility index (Phi) is 6.34. The Balaban J connectivity index is 1.35. The summed E-state index contributed by atoms with van der Waals surface area (Å²) in [5.41, 5.74) is 3.14. The molecular formula is C25H17Cl3N8O3. The Morgan fingerprint density at radius 3 is 2.59 bits per heavy atom. The van der Waals surface area contributed by atoms with Gasteiger partial charge in [-0.2, -0.15) is 0 Å². The molecule has 6 rings (SSSR count). The van der Waals surface area contributed by atoms with Crippen LogP contribution in [0.3, 0.4) is 0 Å². The summed E-state index contributed by atoms with van der Waals surface area (Å²) < 4.78 is 3.11. The fraction of sp³-hybridized carbons (Fsp3) is 0.120. The number of benzene rings is 2. The molecule has 0 saturated carbocycles. The van der Waals surface area contributed by atoms with E-state index in [9.17, 15) is 9.59 Å². The van der Waals surface area contributed by atoms with Crippen molar-refractivity contribution in [2.24, 2.45) is 0 Å². The van der Waals surface area contributed by atoms with Crippen LogP contribution in [0.1, 0.15) is 24.1 Å². The quantitative estimate of drug-likeness (QED) is 0.249. The SMILES string of the molecule is O=C(O)Nc1ccc(-c2[nH]c([C@@H]3CCc4nc(-c5cc(Cl)ccc5-n5cc(Cl)nn5)cc(=O)n43)nc2Cl)cc1. The number of anilines is 1. The molecule has 0 radical (unpaired) electrons. The van der Waals surface area contributed by atoms with E-state index in [0.717, 1.165) is 5.56 Å². The zero-order chi connectivity index (χ0) is 27.3. The lowest BCUT2D eigenvalue weighted by molar-refractivity contribution is 0.209. The summed E-state index contributed by atoms with van der Waals surface area (Å²) in [6, 6.07) is 12.9. The van der Waals surface area contributed by atoms with Gasteiger partial charge in [0.1, 0.15) is 11.6 Å². The molecule has 11 nitrogen and oxygen atoms in total. The molecular weight excluding hydrogens is 567 g/mol. The highest BCUT2D eigenvalue weighted by Crippen LogP contribution is 2.35. The normalized spacial score (nSPS) is 14.4. The molecule has 0 saturated heterocycles. The van der Waals surface area contributed by atoms with E-state index in [1.54, 1.807) is 53.2 Å². The molecule has 0 bridgehead atoms. The van der Waals surface area contributed by atoms with Crippen molar-refractivity contribution >= 4 is 46.6 Å². The van der Waals surface area contributed by atoms with Crippen LogP contribution < -0.4 is 10.9 Å². The van der Waals surface area contributed by atoms with Crippen LogP contribution >= 0.6 is 34.8 Å². The molecule has 14 heteroatoms. The molecule has 3 N–H and O–H groups in total. The van der Waals surface area contributed by atoms with Crippen LogP contribution in [0.15, 0.2) is 59.5 Å². The number of H-pyrrole nitrogens is 1. The standard InChI is InChI=1S/C25H17Cl3N8O3/c26-13-3-6-17(35-11-19(27)33-34-35)15(9-13)16-10-21(37)36-18(7-8-20(36)30-16)24-31-22(23(28)32-24)12-1-4-14(5-2-12)29-25(38)39/h1-6,9-11,18,29H,7-8H2,(H,31,32)(H,38,39)/t18-/m0/s1. The first-order valence-electron chi connectivity index (χ1n) is 11.6. The van der Waals surface area contributed by atoms with Crippen LogP contribution in [0, 0.1) is 0 Å². The van der Waals surface area contributed by atoms with Crippen molar-refractivity contribution in [3.05, 3.63) is 92.1 Å². The molecule has 5 aromatic rings. The summed E-state index contributed by atoms with van der Waals surface area (Å²) >= 11 is 18.7. The highest BCUT2D eigenvalue weighted by Gasteiger charge is 2.30. The van der Waals surface area contributed by atoms with E-state index >= 15 is 0 Å². The number of aryl methyl sites for hydroxylation is 1. The second-order valence-electron chi connectivity index (χ2n) is 8.76. The van der Waals surface area contributed by atoms with Gasteiger partial charge in [-0.25, -0.2) is 19.4 Å². The van der Waals surface area contributed by atoms with Crippen molar-refractivity contribution < 1.29 is 9.90 Å². The first kappa shape index (κ1) is 25.1. The topological polar surface area (TPSA) is 144 Å². The molecule has 196 valence electrons. The average Bonchev–Trinajstić information content (AvgIpc) is 3.62. The first-order valence-corrected chi connectivity index (χ1v) is 12.8. The van der Waals surface area contributed by atoms with Gasteiger partial charge in [-0.05, 0) is 36.8 Å². The highest BCUT2D eigenvalue weighted by atomic mass is 35.5. The second kappa shape index (κ2) is 9.84. The van der Waals surface area contributed by atoms with Crippen LogP contribution in [-0.2, 0) is 6.42 Å². The molecule has 39 heavy (non-hydrogen) atoms. The van der Waals surface area contributed by atoms with Gasteiger partial charge in [-0.15, -0.1) is 5.10 Å². The van der Waals surface area contributed by atoms with Crippen LogP contribution in [0.25, 0.3) is 28.2 Å². The molecule has 0 unspecified atom stereocenters. The number of imidazole rings is 1. The number of fused-ring (bicyclic) bond motifs is 1. The molecule has 0 aliphatic carbocycles. The smallest absolute Gasteiger partial charge is 0.409 e. The maximum Gasteiger partial charge on any atom is 0.409 e. The van der Waals surface area contributed by atoms with Gasteiger partial charge < -0.3 is 10.1 Å². The minimum absolute atomic E-state index is 0.227. The number of hydrogen-bond acceptors (Lipinski definition) is 6. The van der Waals surface area contributed by atoms with Crippen molar-refractivity contribution in [1.82, 2.24) is 34.5 Å². The number of aromatic amines is 1. The van der Waals surface area contributed by atoms with E-state index in [1.807, 2.05) is 0 Å².